The van der Waals surface area contributed by atoms with Gasteiger partial charge in [0.15, 0.2) is 11.5 Å². The van der Waals surface area contributed by atoms with Crippen molar-refractivity contribution in [3.8, 4) is 17.5 Å². The summed E-state index contributed by atoms with van der Waals surface area (Å²) in [6.07, 6.45) is 6.91. The molecule has 242 valence electrons. The molecule has 1 aliphatic heterocycles. The van der Waals surface area contributed by atoms with Crippen molar-refractivity contribution in [2.45, 2.75) is 19.5 Å². The smallest absolute Gasteiger partial charge is 0.267 e. The molecule has 13 heteroatoms. The summed E-state index contributed by atoms with van der Waals surface area (Å²) in [4.78, 5) is 41.8. The third-order valence-corrected chi connectivity index (χ3v) is 8.54. The van der Waals surface area contributed by atoms with Crippen LogP contribution < -0.4 is 16.6 Å². The highest BCUT2D eigenvalue weighted by Crippen LogP contribution is 2.22. The van der Waals surface area contributed by atoms with Crippen LogP contribution in [0.5, 0.6) is 0 Å². The predicted octanol–water partition coefficient (Wildman–Crippen LogP) is 2.35. The topological polar surface area (TPSA) is 144 Å². The average Bonchev–Trinajstić information content (AvgIpc) is 3.70. The van der Waals surface area contributed by atoms with E-state index in [2.05, 4.69) is 49.2 Å². The molecule has 0 unspecified atom stereocenters. The standard InChI is InChI=1S/C35H35N11O2/c1-24(39-34(47)30-31(36)41-45-15-7-14-37-33(30)45)32-40-28-11-6-8-26(29(28)35(48)46(32)27-9-4-3-5-10-27)13-12-25-22-38-44(23-25)21-20-43-18-16-42(2)17-19-43/h3-11,14-15,22-24H,16-21H2,1-2H3,(H2,36,41)(H,39,47)/t24-/m0/s1. The molecule has 3 N–H and O–H groups in total. The molecule has 6 aromatic rings. The van der Waals surface area contributed by atoms with E-state index in [9.17, 15) is 9.59 Å². The van der Waals surface area contributed by atoms with Crippen LogP contribution in [0.25, 0.3) is 22.2 Å². The lowest BCUT2D eigenvalue weighted by Crippen LogP contribution is -2.45. The normalized spacial score (nSPS) is 14.5. The molecule has 1 aliphatic rings. The van der Waals surface area contributed by atoms with Crippen molar-refractivity contribution in [3.63, 3.8) is 0 Å². The lowest BCUT2D eigenvalue weighted by molar-refractivity contribution is 0.0940. The first-order chi connectivity index (χ1) is 23.4. The molecule has 4 aromatic heterocycles. The van der Waals surface area contributed by atoms with Crippen molar-refractivity contribution in [1.82, 2.24) is 49.0 Å². The lowest BCUT2D eigenvalue weighted by atomic mass is 10.1. The van der Waals surface area contributed by atoms with E-state index in [1.165, 1.54) is 9.08 Å². The van der Waals surface area contributed by atoms with Gasteiger partial charge in [-0.1, -0.05) is 36.1 Å². The minimum Gasteiger partial charge on any atom is -0.381 e. The van der Waals surface area contributed by atoms with Crippen molar-refractivity contribution in [3.05, 3.63) is 112 Å². The number of para-hydroxylation sites is 1. The number of carbonyl (C=O) groups is 1. The summed E-state index contributed by atoms with van der Waals surface area (Å²) in [5.41, 5.74) is 8.67. The van der Waals surface area contributed by atoms with Crippen LogP contribution >= 0.6 is 0 Å². The molecular formula is C35H35N11O2. The first-order valence-electron chi connectivity index (χ1n) is 15.8. The molecular weight excluding hydrogens is 606 g/mol. The SMILES string of the molecule is C[C@H](NC(=O)c1c(N)nn2cccnc12)c1nc2cccc(C#Cc3cnn(CCN4CCN(C)CC4)c3)c2c(=O)n1-c1ccccc1. The molecule has 13 nitrogen and oxygen atoms in total. The maximum Gasteiger partial charge on any atom is 0.267 e. The lowest BCUT2D eigenvalue weighted by Gasteiger charge is -2.32. The van der Waals surface area contributed by atoms with Crippen molar-refractivity contribution < 1.29 is 4.79 Å². The highest BCUT2D eigenvalue weighted by molar-refractivity contribution is 6.04. The van der Waals surface area contributed by atoms with Gasteiger partial charge in [-0.3, -0.25) is 23.7 Å². The quantitative estimate of drug-likeness (QED) is 0.251. The van der Waals surface area contributed by atoms with Crippen LogP contribution in [0, 0.1) is 11.8 Å². The number of aromatic nitrogens is 7. The molecule has 0 radical (unpaired) electrons. The van der Waals surface area contributed by atoms with Gasteiger partial charge < -0.3 is 16.0 Å². The molecule has 0 bridgehead atoms. The fourth-order valence-corrected chi connectivity index (χ4v) is 5.93. The molecule has 0 aliphatic carbocycles. The molecule has 48 heavy (non-hydrogen) atoms. The van der Waals surface area contributed by atoms with Gasteiger partial charge in [0, 0.05) is 56.9 Å². The molecule has 1 fully saturated rings. The van der Waals surface area contributed by atoms with E-state index in [0.717, 1.165) is 44.8 Å². The molecule has 1 amide bonds. The van der Waals surface area contributed by atoms with E-state index in [1.54, 1.807) is 37.6 Å². The number of rotatable bonds is 7. The second-order valence-corrected chi connectivity index (χ2v) is 11.9. The molecule has 1 saturated heterocycles. The van der Waals surface area contributed by atoms with Crippen LogP contribution in [0.1, 0.15) is 40.3 Å². The number of nitrogen functional groups attached to an aromatic ring is 1. The third-order valence-electron chi connectivity index (χ3n) is 8.54. The van der Waals surface area contributed by atoms with Crippen LogP contribution in [0.4, 0.5) is 5.82 Å². The highest BCUT2D eigenvalue weighted by atomic mass is 16.2. The van der Waals surface area contributed by atoms with Crippen molar-refractivity contribution in [2.75, 3.05) is 45.5 Å². The predicted molar refractivity (Wildman–Crippen MR) is 183 cm³/mol. The zero-order valence-corrected chi connectivity index (χ0v) is 26.7. The maximum atomic E-state index is 14.4. The van der Waals surface area contributed by atoms with Crippen molar-refractivity contribution in [1.29, 1.82) is 0 Å². The van der Waals surface area contributed by atoms with Gasteiger partial charge >= 0.3 is 0 Å². The summed E-state index contributed by atoms with van der Waals surface area (Å²) in [5, 5.41) is 12.0. The number of benzene rings is 2. The van der Waals surface area contributed by atoms with E-state index < -0.39 is 11.9 Å². The number of carbonyl (C=O) groups excluding carboxylic acids is 1. The number of nitrogens with one attached hydrogen (secondary N) is 1. The summed E-state index contributed by atoms with van der Waals surface area (Å²) in [5.74, 6) is 6.31. The molecule has 0 spiro atoms. The number of nitrogens with two attached hydrogens (primary N) is 1. The van der Waals surface area contributed by atoms with Gasteiger partial charge in [0.1, 0.15) is 11.4 Å². The van der Waals surface area contributed by atoms with Gasteiger partial charge in [-0.15, -0.1) is 5.10 Å². The molecule has 0 saturated carbocycles. The van der Waals surface area contributed by atoms with E-state index in [-0.39, 0.29) is 16.9 Å². The average molecular weight is 642 g/mol. The summed E-state index contributed by atoms with van der Waals surface area (Å²) >= 11 is 0. The van der Waals surface area contributed by atoms with E-state index in [1.807, 2.05) is 53.3 Å². The molecule has 2 aromatic carbocycles. The molecule has 5 heterocycles. The Balaban J connectivity index is 1.20. The van der Waals surface area contributed by atoms with E-state index in [0.29, 0.717) is 33.6 Å². The summed E-state index contributed by atoms with van der Waals surface area (Å²) in [6, 6.07) is 15.6. The highest BCUT2D eigenvalue weighted by Gasteiger charge is 2.25. The monoisotopic (exact) mass is 641 g/mol. The Morgan fingerprint density at radius 3 is 2.65 bits per heavy atom. The van der Waals surface area contributed by atoms with E-state index >= 15 is 0 Å². The van der Waals surface area contributed by atoms with Crippen LogP contribution in [0.3, 0.4) is 0 Å². The number of hydrogen-bond donors (Lipinski definition) is 2. The zero-order chi connectivity index (χ0) is 33.2. The molecule has 7 rings (SSSR count). The van der Waals surface area contributed by atoms with Gasteiger partial charge in [-0.25, -0.2) is 14.5 Å². The van der Waals surface area contributed by atoms with Gasteiger partial charge in [0.25, 0.3) is 11.5 Å². The number of fused-ring (bicyclic) bond motifs is 2. The number of hydrogen-bond acceptors (Lipinski definition) is 9. The summed E-state index contributed by atoms with van der Waals surface area (Å²) in [7, 11) is 2.15. The van der Waals surface area contributed by atoms with Crippen LogP contribution in [0.15, 0.2) is 84.2 Å². The minimum absolute atomic E-state index is 0.0501. The minimum atomic E-state index is -0.695. The van der Waals surface area contributed by atoms with Gasteiger partial charge in [0.05, 0.1) is 40.9 Å². The Labute approximate surface area is 276 Å². The Kier molecular flexibility index (Phi) is 8.41. The van der Waals surface area contributed by atoms with Crippen molar-refractivity contribution >= 4 is 28.3 Å². The summed E-state index contributed by atoms with van der Waals surface area (Å²) in [6.45, 7) is 7.75. The Morgan fingerprint density at radius 1 is 1.02 bits per heavy atom. The number of nitrogens with zero attached hydrogens (tertiary/aromatic N) is 9. The number of likely N-dealkylation sites (N-methyl/N-ethyl adjacent to an activating group) is 1. The molecule has 1 atom stereocenters. The maximum absolute atomic E-state index is 14.4. The van der Waals surface area contributed by atoms with Crippen LogP contribution in [0.2, 0.25) is 0 Å². The largest absolute Gasteiger partial charge is 0.381 e. The van der Waals surface area contributed by atoms with Gasteiger partial charge in [-0.2, -0.15) is 5.10 Å². The first-order valence-corrected chi connectivity index (χ1v) is 15.8. The first kappa shape index (κ1) is 30.8. The van der Waals surface area contributed by atoms with Gasteiger partial charge in [0.2, 0.25) is 0 Å². The Hall–Kier alpha value is -5.84. The fourth-order valence-electron chi connectivity index (χ4n) is 5.93. The van der Waals surface area contributed by atoms with Crippen LogP contribution in [-0.2, 0) is 6.54 Å². The second kappa shape index (κ2) is 13.1. The van der Waals surface area contributed by atoms with Gasteiger partial charge in [-0.05, 0) is 44.3 Å². The third kappa shape index (κ3) is 6.14. The number of anilines is 1. The summed E-state index contributed by atoms with van der Waals surface area (Å²) < 4.78 is 4.88. The number of piperazine rings is 1. The Morgan fingerprint density at radius 2 is 1.83 bits per heavy atom. The zero-order valence-electron chi connectivity index (χ0n) is 26.7. The van der Waals surface area contributed by atoms with Crippen LogP contribution in [-0.4, -0.2) is 89.4 Å². The fraction of sp³-hybridized carbons (Fsp3) is 0.257. The second-order valence-electron chi connectivity index (χ2n) is 11.9. The number of amides is 1. The van der Waals surface area contributed by atoms with Crippen molar-refractivity contribution in [2.24, 2.45) is 0 Å². The van der Waals surface area contributed by atoms with E-state index in [4.69, 9.17) is 10.7 Å². The Bertz CT molecular complexity index is 2240.